The van der Waals surface area contributed by atoms with E-state index < -0.39 is 12.1 Å². The number of imide groups is 1. The molecule has 4 nitrogen and oxygen atoms in total. The number of benzene rings is 1. The number of hydrogen-bond acceptors (Lipinski definition) is 2. The molecule has 1 atom stereocenters. The summed E-state index contributed by atoms with van der Waals surface area (Å²) in [4.78, 5) is 22.1. The van der Waals surface area contributed by atoms with E-state index in [-0.39, 0.29) is 5.91 Å². The highest BCUT2D eigenvalue weighted by molar-refractivity contribution is 6.30. The van der Waals surface area contributed by atoms with Crippen molar-refractivity contribution in [2.45, 2.75) is 12.5 Å². The summed E-state index contributed by atoms with van der Waals surface area (Å²) in [7, 11) is 0. The maximum absolute atomic E-state index is 11.2. The zero-order valence-corrected chi connectivity index (χ0v) is 8.54. The number of carbonyl (C=O) groups is 2. The van der Waals surface area contributed by atoms with Gasteiger partial charge in [0.05, 0.1) is 0 Å². The Morgan fingerprint density at radius 1 is 1.20 bits per heavy atom. The lowest BCUT2D eigenvalue weighted by Gasteiger charge is -2.06. The van der Waals surface area contributed by atoms with E-state index in [1.54, 1.807) is 12.1 Å². The molecular weight excluding hydrogens is 216 g/mol. The Bertz CT molecular complexity index is 402. The van der Waals surface area contributed by atoms with Crippen LogP contribution in [0.25, 0.3) is 0 Å². The summed E-state index contributed by atoms with van der Waals surface area (Å²) in [5.41, 5.74) is 0.960. The maximum atomic E-state index is 11.2. The Hall–Kier alpha value is -1.55. The van der Waals surface area contributed by atoms with Crippen LogP contribution in [-0.2, 0) is 11.2 Å². The van der Waals surface area contributed by atoms with E-state index >= 15 is 0 Å². The second-order valence-corrected chi connectivity index (χ2v) is 3.78. The van der Waals surface area contributed by atoms with Crippen LogP contribution in [0.3, 0.4) is 0 Å². The van der Waals surface area contributed by atoms with Crippen LogP contribution < -0.4 is 10.6 Å². The molecule has 0 saturated carbocycles. The van der Waals surface area contributed by atoms with Crippen LogP contribution in [0.5, 0.6) is 0 Å². The van der Waals surface area contributed by atoms with Gasteiger partial charge in [-0.2, -0.15) is 0 Å². The third-order valence-electron chi connectivity index (χ3n) is 2.21. The van der Waals surface area contributed by atoms with Crippen molar-refractivity contribution in [1.82, 2.24) is 10.6 Å². The standard InChI is InChI=1S/C10H9ClN2O2/c11-7-3-1-6(2-4-7)5-8-9(14)13-10(15)12-8/h1-4,8H,5H2,(H2,12,13,14,15)/t8-/m1/s1. The van der Waals surface area contributed by atoms with E-state index in [9.17, 15) is 9.59 Å². The van der Waals surface area contributed by atoms with Gasteiger partial charge in [-0.05, 0) is 17.7 Å². The van der Waals surface area contributed by atoms with Crippen molar-refractivity contribution in [3.63, 3.8) is 0 Å². The molecule has 0 unspecified atom stereocenters. The van der Waals surface area contributed by atoms with Gasteiger partial charge in [0.2, 0.25) is 0 Å². The van der Waals surface area contributed by atoms with Crippen LogP contribution in [0.1, 0.15) is 5.56 Å². The van der Waals surface area contributed by atoms with E-state index in [2.05, 4.69) is 10.6 Å². The summed E-state index contributed by atoms with van der Waals surface area (Å²) >= 11 is 5.73. The van der Waals surface area contributed by atoms with Gasteiger partial charge in [-0.15, -0.1) is 0 Å². The molecule has 78 valence electrons. The fourth-order valence-corrected chi connectivity index (χ4v) is 1.58. The molecule has 3 amide bonds. The molecule has 0 radical (unpaired) electrons. The molecule has 2 N–H and O–H groups in total. The van der Waals surface area contributed by atoms with Gasteiger partial charge in [-0.3, -0.25) is 10.1 Å². The first kappa shape index (κ1) is 9.98. The van der Waals surface area contributed by atoms with Gasteiger partial charge >= 0.3 is 6.03 Å². The van der Waals surface area contributed by atoms with Crippen molar-refractivity contribution in [2.24, 2.45) is 0 Å². The van der Waals surface area contributed by atoms with Gasteiger partial charge in [0, 0.05) is 11.4 Å². The van der Waals surface area contributed by atoms with Crippen LogP contribution >= 0.6 is 11.6 Å². The van der Waals surface area contributed by atoms with E-state index in [0.29, 0.717) is 11.4 Å². The van der Waals surface area contributed by atoms with Gasteiger partial charge in [0.15, 0.2) is 0 Å². The Morgan fingerprint density at radius 3 is 2.40 bits per heavy atom. The Morgan fingerprint density at radius 2 is 1.87 bits per heavy atom. The predicted octanol–water partition coefficient (Wildman–Crippen LogP) is 1.09. The summed E-state index contributed by atoms with van der Waals surface area (Å²) in [5, 5.41) is 5.37. The van der Waals surface area contributed by atoms with Crippen molar-refractivity contribution in [3.05, 3.63) is 34.9 Å². The molecule has 1 aromatic carbocycles. The zero-order valence-electron chi connectivity index (χ0n) is 7.79. The molecule has 0 aliphatic carbocycles. The van der Waals surface area contributed by atoms with Crippen LogP contribution in [0, 0.1) is 0 Å². The van der Waals surface area contributed by atoms with Gasteiger partial charge < -0.3 is 5.32 Å². The third-order valence-corrected chi connectivity index (χ3v) is 2.46. The van der Waals surface area contributed by atoms with Gasteiger partial charge in [0.25, 0.3) is 5.91 Å². The third kappa shape index (κ3) is 2.27. The summed E-state index contributed by atoms with van der Waals surface area (Å²) in [6.45, 7) is 0. The average molecular weight is 225 g/mol. The quantitative estimate of drug-likeness (QED) is 0.739. The fourth-order valence-electron chi connectivity index (χ4n) is 1.46. The van der Waals surface area contributed by atoms with Crippen molar-refractivity contribution in [1.29, 1.82) is 0 Å². The van der Waals surface area contributed by atoms with E-state index in [1.165, 1.54) is 0 Å². The molecule has 1 fully saturated rings. The summed E-state index contributed by atoms with van der Waals surface area (Å²) in [6.07, 6.45) is 0.481. The lowest BCUT2D eigenvalue weighted by atomic mass is 10.1. The SMILES string of the molecule is O=C1NC(=O)[C@@H](Cc2ccc(Cl)cc2)N1. The maximum Gasteiger partial charge on any atom is 0.322 e. The lowest BCUT2D eigenvalue weighted by Crippen LogP contribution is -2.30. The molecule has 15 heavy (non-hydrogen) atoms. The minimum absolute atomic E-state index is 0.282. The molecule has 2 rings (SSSR count). The van der Waals surface area contributed by atoms with E-state index in [1.807, 2.05) is 12.1 Å². The highest BCUT2D eigenvalue weighted by Gasteiger charge is 2.29. The van der Waals surface area contributed by atoms with Crippen molar-refractivity contribution in [2.75, 3.05) is 0 Å². The monoisotopic (exact) mass is 224 g/mol. The molecule has 0 spiro atoms. The minimum atomic E-state index is -0.473. The Balaban J connectivity index is 2.06. The first-order chi connectivity index (χ1) is 7.15. The Labute approximate surface area is 91.6 Å². The normalized spacial score (nSPS) is 19.9. The summed E-state index contributed by atoms with van der Waals surface area (Å²) in [5.74, 6) is -0.282. The van der Waals surface area contributed by atoms with Crippen LogP contribution in [0.2, 0.25) is 5.02 Å². The average Bonchev–Trinajstić information content (AvgIpc) is 2.49. The van der Waals surface area contributed by atoms with Crippen molar-refractivity contribution in [3.8, 4) is 0 Å². The second-order valence-electron chi connectivity index (χ2n) is 3.35. The fraction of sp³-hybridized carbons (Fsp3) is 0.200. The number of amides is 3. The van der Waals surface area contributed by atoms with Crippen LogP contribution in [-0.4, -0.2) is 18.0 Å². The smallest absolute Gasteiger partial charge is 0.322 e. The van der Waals surface area contributed by atoms with Crippen molar-refractivity contribution < 1.29 is 9.59 Å². The molecular formula is C10H9ClN2O2. The molecule has 1 aromatic rings. The largest absolute Gasteiger partial charge is 0.326 e. The number of halogens is 1. The summed E-state index contributed by atoms with van der Waals surface area (Å²) < 4.78 is 0. The molecule has 1 aliphatic heterocycles. The van der Waals surface area contributed by atoms with Crippen molar-refractivity contribution >= 4 is 23.5 Å². The lowest BCUT2D eigenvalue weighted by molar-refractivity contribution is -0.120. The Kier molecular flexibility index (Phi) is 2.60. The molecule has 1 aliphatic rings. The van der Waals surface area contributed by atoms with E-state index in [0.717, 1.165) is 5.56 Å². The number of urea groups is 1. The topological polar surface area (TPSA) is 58.2 Å². The molecule has 0 bridgehead atoms. The van der Waals surface area contributed by atoms with Gasteiger partial charge in [-0.25, -0.2) is 4.79 Å². The van der Waals surface area contributed by atoms with Crippen LogP contribution in [0.15, 0.2) is 24.3 Å². The zero-order chi connectivity index (χ0) is 10.8. The molecule has 5 heteroatoms. The first-order valence-corrected chi connectivity index (χ1v) is 4.89. The molecule has 0 aromatic heterocycles. The van der Waals surface area contributed by atoms with E-state index in [4.69, 9.17) is 11.6 Å². The van der Waals surface area contributed by atoms with Gasteiger partial charge in [0.1, 0.15) is 6.04 Å². The van der Waals surface area contributed by atoms with Gasteiger partial charge in [-0.1, -0.05) is 23.7 Å². The first-order valence-electron chi connectivity index (χ1n) is 4.51. The minimum Gasteiger partial charge on any atom is -0.326 e. The molecule has 1 heterocycles. The number of nitrogens with one attached hydrogen (secondary N) is 2. The number of hydrogen-bond donors (Lipinski definition) is 2. The number of carbonyl (C=O) groups excluding carboxylic acids is 2. The molecule has 1 saturated heterocycles. The number of rotatable bonds is 2. The predicted molar refractivity (Wildman–Crippen MR) is 55.6 cm³/mol. The summed E-state index contributed by atoms with van der Waals surface area (Å²) in [6, 6.07) is 6.27. The second kappa shape index (κ2) is 3.90. The highest BCUT2D eigenvalue weighted by Crippen LogP contribution is 2.12. The van der Waals surface area contributed by atoms with Crippen LogP contribution in [0.4, 0.5) is 4.79 Å². The highest BCUT2D eigenvalue weighted by atomic mass is 35.5.